The van der Waals surface area contributed by atoms with Gasteiger partial charge in [0.1, 0.15) is 0 Å². The second kappa shape index (κ2) is 6.27. The predicted molar refractivity (Wildman–Crippen MR) is 77.0 cm³/mol. The Morgan fingerprint density at radius 3 is 3.00 bits per heavy atom. The van der Waals surface area contributed by atoms with Crippen LogP contribution in [0.1, 0.15) is 20.3 Å². The lowest BCUT2D eigenvalue weighted by atomic mass is 10.1. The number of nitrogens with one attached hydrogen (secondary N) is 3. The number of carbonyl (C=O) groups excluding carboxylic acids is 2. The van der Waals surface area contributed by atoms with Crippen molar-refractivity contribution in [1.29, 1.82) is 0 Å². The van der Waals surface area contributed by atoms with Gasteiger partial charge in [-0.1, -0.05) is 19.9 Å². The lowest BCUT2D eigenvalue weighted by Gasteiger charge is -2.20. The third-order valence-corrected chi connectivity index (χ3v) is 2.89. The number of amides is 3. The number of urea groups is 1. The number of hydrogen-bond acceptors (Lipinski definition) is 3. The maximum Gasteiger partial charge on any atom is 0.319 e. The van der Waals surface area contributed by atoms with E-state index in [1.54, 1.807) is 18.2 Å². The molecule has 3 amide bonds. The number of para-hydroxylation sites is 1. The van der Waals surface area contributed by atoms with E-state index in [1.165, 1.54) is 0 Å². The molecule has 1 aliphatic heterocycles. The highest BCUT2D eigenvalue weighted by Gasteiger charge is 2.19. The summed E-state index contributed by atoms with van der Waals surface area (Å²) in [6.07, 6.45) is 0.923. The van der Waals surface area contributed by atoms with Gasteiger partial charge in [0, 0.05) is 6.54 Å². The van der Waals surface area contributed by atoms with Gasteiger partial charge in [-0.25, -0.2) is 4.79 Å². The normalized spacial score (nSPS) is 13.2. The Labute approximate surface area is 117 Å². The zero-order valence-electron chi connectivity index (χ0n) is 11.7. The second-order valence-corrected chi connectivity index (χ2v) is 5.08. The smallest absolute Gasteiger partial charge is 0.319 e. The zero-order valence-corrected chi connectivity index (χ0v) is 11.7. The summed E-state index contributed by atoms with van der Waals surface area (Å²) in [6.45, 7) is 4.78. The SMILES string of the molecule is CC(C)CCNC(=O)Nc1cccc2c1OCC(=O)N2. The predicted octanol–water partition coefficient (Wildman–Crippen LogP) is 2.19. The molecule has 20 heavy (non-hydrogen) atoms. The van der Waals surface area contributed by atoms with Crippen molar-refractivity contribution in [3.63, 3.8) is 0 Å². The van der Waals surface area contributed by atoms with E-state index in [1.807, 2.05) is 0 Å². The van der Waals surface area contributed by atoms with Gasteiger partial charge < -0.3 is 20.7 Å². The van der Waals surface area contributed by atoms with Gasteiger partial charge in [0.25, 0.3) is 5.91 Å². The molecule has 0 radical (unpaired) electrons. The minimum absolute atomic E-state index is 0.0410. The molecule has 0 fully saturated rings. The van der Waals surface area contributed by atoms with Crippen LogP contribution >= 0.6 is 0 Å². The third-order valence-electron chi connectivity index (χ3n) is 2.89. The number of ether oxygens (including phenoxy) is 1. The molecule has 0 spiro atoms. The largest absolute Gasteiger partial charge is 0.479 e. The van der Waals surface area contributed by atoms with E-state index in [2.05, 4.69) is 29.8 Å². The van der Waals surface area contributed by atoms with Crippen LogP contribution in [0.25, 0.3) is 0 Å². The number of rotatable bonds is 4. The fourth-order valence-corrected chi connectivity index (χ4v) is 1.85. The van der Waals surface area contributed by atoms with Gasteiger partial charge in [-0.05, 0) is 24.5 Å². The molecule has 0 aliphatic carbocycles. The fraction of sp³-hybridized carbons (Fsp3) is 0.429. The fourth-order valence-electron chi connectivity index (χ4n) is 1.85. The Morgan fingerprint density at radius 2 is 2.25 bits per heavy atom. The first-order chi connectivity index (χ1) is 9.56. The number of hydrogen-bond donors (Lipinski definition) is 3. The van der Waals surface area contributed by atoms with Crippen molar-refractivity contribution in [2.45, 2.75) is 20.3 Å². The standard InChI is InChI=1S/C14H19N3O3/c1-9(2)6-7-15-14(19)17-11-5-3-4-10-13(11)20-8-12(18)16-10/h3-5,9H,6-8H2,1-2H3,(H,16,18)(H2,15,17,19). The van der Waals surface area contributed by atoms with Crippen molar-refractivity contribution in [1.82, 2.24) is 5.32 Å². The summed E-state index contributed by atoms with van der Waals surface area (Å²) < 4.78 is 5.36. The summed E-state index contributed by atoms with van der Waals surface area (Å²) in [5.41, 5.74) is 1.12. The van der Waals surface area contributed by atoms with Crippen LogP contribution in [0, 0.1) is 5.92 Å². The summed E-state index contributed by atoms with van der Waals surface area (Å²) in [5, 5.41) is 8.21. The van der Waals surface area contributed by atoms with Crippen LogP contribution in [0.2, 0.25) is 0 Å². The first kappa shape index (κ1) is 14.2. The molecule has 1 aromatic carbocycles. The molecule has 0 bridgehead atoms. The molecule has 2 rings (SSSR count). The summed E-state index contributed by atoms with van der Waals surface area (Å²) in [7, 11) is 0. The Kier molecular flexibility index (Phi) is 4.45. The Balaban J connectivity index is 1.98. The van der Waals surface area contributed by atoms with Gasteiger partial charge in [0.05, 0.1) is 11.4 Å². The van der Waals surface area contributed by atoms with E-state index < -0.39 is 0 Å². The van der Waals surface area contributed by atoms with Gasteiger partial charge in [-0.15, -0.1) is 0 Å². The summed E-state index contributed by atoms with van der Waals surface area (Å²) in [4.78, 5) is 23.0. The number of anilines is 2. The Bertz CT molecular complexity index is 514. The maximum atomic E-state index is 11.8. The molecule has 0 saturated heterocycles. The molecular weight excluding hydrogens is 258 g/mol. The molecule has 3 N–H and O–H groups in total. The van der Waals surface area contributed by atoms with E-state index >= 15 is 0 Å². The second-order valence-electron chi connectivity index (χ2n) is 5.08. The molecule has 108 valence electrons. The van der Waals surface area contributed by atoms with E-state index in [0.29, 0.717) is 29.6 Å². The average molecular weight is 277 g/mol. The molecular formula is C14H19N3O3. The third kappa shape index (κ3) is 3.63. The van der Waals surface area contributed by atoms with Crippen LogP contribution in [-0.4, -0.2) is 25.1 Å². The molecule has 1 aliphatic rings. The van der Waals surface area contributed by atoms with Crippen molar-refractivity contribution in [3.05, 3.63) is 18.2 Å². The molecule has 0 saturated carbocycles. The number of benzene rings is 1. The molecule has 1 aromatic rings. The lowest BCUT2D eigenvalue weighted by Crippen LogP contribution is -2.31. The summed E-state index contributed by atoms with van der Waals surface area (Å²) >= 11 is 0. The van der Waals surface area contributed by atoms with Crippen molar-refractivity contribution in [2.24, 2.45) is 5.92 Å². The monoisotopic (exact) mass is 277 g/mol. The van der Waals surface area contributed by atoms with Crippen LogP contribution in [0.5, 0.6) is 5.75 Å². The molecule has 6 heteroatoms. The average Bonchev–Trinajstić information content (AvgIpc) is 2.38. The molecule has 1 heterocycles. The zero-order chi connectivity index (χ0) is 14.5. The van der Waals surface area contributed by atoms with Crippen LogP contribution < -0.4 is 20.7 Å². The van der Waals surface area contributed by atoms with Crippen LogP contribution in [0.3, 0.4) is 0 Å². The minimum atomic E-state index is -0.278. The quantitative estimate of drug-likeness (QED) is 0.789. The van der Waals surface area contributed by atoms with E-state index in [0.717, 1.165) is 6.42 Å². The first-order valence-corrected chi connectivity index (χ1v) is 6.67. The topological polar surface area (TPSA) is 79.5 Å². The highest BCUT2D eigenvalue weighted by molar-refractivity contribution is 5.99. The number of carbonyl (C=O) groups is 2. The van der Waals surface area contributed by atoms with Crippen molar-refractivity contribution >= 4 is 23.3 Å². The van der Waals surface area contributed by atoms with E-state index in [4.69, 9.17) is 4.74 Å². The molecule has 0 aromatic heterocycles. The number of fused-ring (bicyclic) bond motifs is 1. The summed E-state index contributed by atoms with van der Waals surface area (Å²) in [6, 6.07) is 4.93. The van der Waals surface area contributed by atoms with Crippen molar-refractivity contribution in [3.8, 4) is 5.75 Å². The first-order valence-electron chi connectivity index (χ1n) is 6.67. The van der Waals surface area contributed by atoms with Crippen LogP contribution in [0.4, 0.5) is 16.2 Å². The highest BCUT2D eigenvalue weighted by Crippen LogP contribution is 2.35. The Morgan fingerprint density at radius 1 is 1.45 bits per heavy atom. The molecule has 0 unspecified atom stereocenters. The van der Waals surface area contributed by atoms with Gasteiger partial charge in [-0.2, -0.15) is 0 Å². The van der Waals surface area contributed by atoms with Crippen molar-refractivity contribution in [2.75, 3.05) is 23.8 Å². The van der Waals surface area contributed by atoms with E-state index in [9.17, 15) is 9.59 Å². The Hall–Kier alpha value is -2.24. The highest BCUT2D eigenvalue weighted by atomic mass is 16.5. The molecule has 6 nitrogen and oxygen atoms in total. The van der Waals surface area contributed by atoms with Crippen molar-refractivity contribution < 1.29 is 14.3 Å². The maximum absolute atomic E-state index is 11.8. The summed E-state index contributed by atoms with van der Waals surface area (Å²) in [5.74, 6) is 0.834. The molecule has 0 atom stereocenters. The van der Waals surface area contributed by atoms with Crippen LogP contribution in [0.15, 0.2) is 18.2 Å². The lowest BCUT2D eigenvalue weighted by molar-refractivity contribution is -0.118. The van der Waals surface area contributed by atoms with E-state index in [-0.39, 0.29) is 18.5 Å². The van der Waals surface area contributed by atoms with Gasteiger partial charge in [-0.3, -0.25) is 4.79 Å². The van der Waals surface area contributed by atoms with Crippen LogP contribution in [-0.2, 0) is 4.79 Å². The van der Waals surface area contributed by atoms with Gasteiger partial charge >= 0.3 is 6.03 Å². The van der Waals surface area contributed by atoms with Gasteiger partial charge in [0.2, 0.25) is 0 Å². The van der Waals surface area contributed by atoms with Gasteiger partial charge in [0.15, 0.2) is 12.4 Å². The minimum Gasteiger partial charge on any atom is -0.479 e.